The van der Waals surface area contributed by atoms with E-state index in [1.807, 2.05) is 0 Å². The molecule has 3 aromatic rings. The summed E-state index contributed by atoms with van der Waals surface area (Å²) in [6.45, 7) is 1.79. The first-order valence-corrected chi connectivity index (χ1v) is 5.80. The van der Waals surface area contributed by atoms with Gasteiger partial charge in [-0.3, -0.25) is 9.78 Å². The molecule has 0 aliphatic heterocycles. The zero-order chi connectivity index (χ0) is 13.4. The predicted octanol–water partition coefficient (Wildman–Crippen LogP) is 3.51. The van der Waals surface area contributed by atoms with Gasteiger partial charge in [-0.15, -0.1) is 0 Å². The molecule has 0 unspecified atom stereocenters. The van der Waals surface area contributed by atoms with Gasteiger partial charge in [0.05, 0.1) is 0 Å². The molecule has 0 aliphatic carbocycles. The Morgan fingerprint density at radius 2 is 2.16 bits per heavy atom. The van der Waals surface area contributed by atoms with Gasteiger partial charge in [-0.25, -0.2) is 4.39 Å². The van der Waals surface area contributed by atoms with Crippen LogP contribution in [0.1, 0.15) is 21.7 Å². The monoisotopic (exact) mass is 255 g/mol. The van der Waals surface area contributed by atoms with Crippen molar-refractivity contribution in [2.75, 3.05) is 0 Å². The Hall–Kier alpha value is -2.49. The number of benzene rings is 1. The van der Waals surface area contributed by atoms with Crippen LogP contribution in [-0.4, -0.2) is 10.8 Å². The first kappa shape index (κ1) is 11.6. The van der Waals surface area contributed by atoms with Gasteiger partial charge >= 0.3 is 0 Å². The number of rotatable bonds is 2. The normalized spacial score (nSPS) is 10.8. The van der Waals surface area contributed by atoms with Crippen molar-refractivity contribution in [3.05, 3.63) is 65.4 Å². The standard InChI is InChI=1S/C15H10FNO2/c1-9-12-5-4-11(16)7-13(12)19-15(9)14(18)10-3-2-6-17-8-10/h2-8H,1H3. The maximum atomic E-state index is 13.1. The number of ketones is 1. The number of carbonyl (C=O) groups is 1. The highest BCUT2D eigenvalue weighted by atomic mass is 19.1. The van der Waals surface area contributed by atoms with E-state index in [9.17, 15) is 9.18 Å². The molecule has 0 radical (unpaired) electrons. The highest BCUT2D eigenvalue weighted by Gasteiger charge is 2.19. The average Bonchev–Trinajstić information content (AvgIpc) is 2.75. The SMILES string of the molecule is Cc1c(C(=O)c2cccnc2)oc2cc(F)ccc12. The molecule has 2 aromatic heterocycles. The molecular formula is C15H10FNO2. The Balaban J connectivity index is 2.16. The molecule has 0 saturated heterocycles. The van der Waals surface area contributed by atoms with Gasteiger partial charge in [0.25, 0.3) is 0 Å². The van der Waals surface area contributed by atoms with Gasteiger partial charge in [0, 0.05) is 35.0 Å². The number of hydrogen-bond acceptors (Lipinski definition) is 3. The zero-order valence-electron chi connectivity index (χ0n) is 10.2. The van der Waals surface area contributed by atoms with Crippen LogP contribution in [0.4, 0.5) is 4.39 Å². The maximum Gasteiger partial charge on any atom is 0.230 e. The van der Waals surface area contributed by atoms with Crippen LogP contribution >= 0.6 is 0 Å². The number of furan rings is 1. The van der Waals surface area contributed by atoms with Crippen LogP contribution in [0.15, 0.2) is 47.1 Å². The molecule has 94 valence electrons. The van der Waals surface area contributed by atoms with Crippen molar-refractivity contribution in [2.24, 2.45) is 0 Å². The van der Waals surface area contributed by atoms with E-state index in [1.54, 1.807) is 31.3 Å². The molecular weight excluding hydrogens is 245 g/mol. The summed E-state index contributed by atoms with van der Waals surface area (Å²) in [7, 11) is 0. The second-order valence-electron chi connectivity index (χ2n) is 4.27. The third-order valence-corrected chi connectivity index (χ3v) is 3.03. The van der Waals surface area contributed by atoms with Crippen LogP contribution in [0.2, 0.25) is 0 Å². The van der Waals surface area contributed by atoms with Gasteiger partial charge < -0.3 is 4.42 Å². The summed E-state index contributed by atoms with van der Waals surface area (Å²) >= 11 is 0. The number of halogens is 1. The molecule has 0 amide bonds. The number of pyridine rings is 1. The van der Waals surface area contributed by atoms with E-state index in [0.29, 0.717) is 16.7 Å². The molecule has 0 N–H and O–H groups in total. The molecule has 1 aromatic carbocycles. The van der Waals surface area contributed by atoms with E-state index >= 15 is 0 Å². The van der Waals surface area contributed by atoms with Gasteiger partial charge in [-0.05, 0) is 31.2 Å². The third-order valence-electron chi connectivity index (χ3n) is 3.03. The van der Waals surface area contributed by atoms with E-state index in [0.717, 1.165) is 5.39 Å². The lowest BCUT2D eigenvalue weighted by Gasteiger charge is -1.97. The summed E-state index contributed by atoms with van der Waals surface area (Å²) in [5, 5.41) is 0.744. The summed E-state index contributed by atoms with van der Waals surface area (Å²) in [5.74, 6) is -0.405. The largest absolute Gasteiger partial charge is 0.452 e. The van der Waals surface area contributed by atoms with Gasteiger partial charge in [0.15, 0.2) is 5.76 Å². The Morgan fingerprint density at radius 1 is 1.32 bits per heavy atom. The van der Waals surface area contributed by atoms with Crippen LogP contribution in [-0.2, 0) is 0 Å². The van der Waals surface area contributed by atoms with E-state index < -0.39 is 0 Å². The van der Waals surface area contributed by atoms with Gasteiger partial charge in [-0.1, -0.05) is 0 Å². The molecule has 0 fully saturated rings. The highest BCUT2D eigenvalue weighted by Crippen LogP contribution is 2.27. The van der Waals surface area contributed by atoms with E-state index in [2.05, 4.69) is 4.98 Å². The fourth-order valence-electron chi connectivity index (χ4n) is 2.04. The minimum absolute atomic E-state index is 0.230. The van der Waals surface area contributed by atoms with Crippen molar-refractivity contribution in [3.8, 4) is 0 Å². The molecule has 3 rings (SSSR count). The van der Waals surface area contributed by atoms with Gasteiger partial charge in [-0.2, -0.15) is 0 Å². The Labute approximate surface area is 108 Å². The zero-order valence-corrected chi connectivity index (χ0v) is 10.2. The molecule has 0 bridgehead atoms. The topological polar surface area (TPSA) is 43.1 Å². The number of fused-ring (bicyclic) bond motifs is 1. The molecule has 19 heavy (non-hydrogen) atoms. The number of aromatic nitrogens is 1. The fraction of sp³-hybridized carbons (Fsp3) is 0.0667. The van der Waals surface area contributed by atoms with Crippen molar-refractivity contribution in [1.29, 1.82) is 0 Å². The quantitative estimate of drug-likeness (QED) is 0.658. The Kier molecular flexibility index (Phi) is 2.63. The highest BCUT2D eigenvalue weighted by molar-refractivity contribution is 6.10. The van der Waals surface area contributed by atoms with Crippen molar-refractivity contribution in [3.63, 3.8) is 0 Å². The number of nitrogens with zero attached hydrogens (tertiary/aromatic N) is 1. The molecule has 0 atom stereocenters. The summed E-state index contributed by atoms with van der Waals surface area (Å²) in [6.07, 6.45) is 3.08. The van der Waals surface area contributed by atoms with Crippen LogP contribution in [0.3, 0.4) is 0 Å². The molecule has 0 saturated carbocycles. The third kappa shape index (κ3) is 1.91. The summed E-state index contributed by atoms with van der Waals surface area (Å²) < 4.78 is 18.6. The van der Waals surface area contributed by atoms with Crippen molar-refractivity contribution in [2.45, 2.75) is 6.92 Å². The van der Waals surface area contributed by atoms with Gasteiger partial charge in [0.1, 0.15) is 11.4 Å². The maximum absolute atomic E-state index is 13.1. The second-order valence-corrected chi connectivity index (χ2v) is 4.27. The van der Waals surface area contributed by atoms with Crippen LogP contribution in [0.25, 0.3) is 11.0 Å². The number of aryl methyl sites for hydroxylation is 1. The fourth-order valence-corrected chi connectivity index (χ4v) is 2.04. The van der Waals surface area contributed by atoms with E-state index in [-0.39, 0.29) is 17.4 Å². The lowest BCUT2D eigenvalue weighted by atomic mass is 10.1. The van der Waals surface area contributed by atoms with Crippen LogP contribution in [0, 0.1) is 12.7 Å². The first-order chi connectivity index (χ1) is 9.16. The Morgan fingerprint density at radius 3 is 2.89 bits per heavy atom. The predicted molar refractivity (Wildman–Crippen MR) is 68.6 cm³/mol. The molecule has 2 heterocycles. The first-order valence-electron chi connectivity index (χ1n) is 5.80. The van der Waals surface area contributed by atoms with Crippen LogP contribution in [0.5, 0.6) is 0 Å². The van der Waals surface area contributed by atoms with E-state index in [4.69, 9.17) is 4.42 Å². The summed E-state index contributed by atoms with van der Waals surface area (Å²) in [5.41, 5.74) is 1.54. The van der Waals surface area contributed by atoms with Gasteiger partial charge in [0.2, 0.25) is 5.78 Å². The number of hydrogen-bond donors (Lipinski definition) is 0. The molecule has 0 spiro atoms. The smallest absolute Gasteiger partial charge is 0.230 e. The van der Waals surface area contributed by atoms with Crippen molar-refractivity contribution >= 4 is 16.8 Å². The van der Waals surface area contributed by atoms with Crippen molar-refractivity contribution < 1.29 is 13.6 Å². The minimum atomic E-state index is -0.387. The van der Waals surface area contributed by atoms with Crippen molar-refractivity contribution in [1.82, 2.24) is 4.98 Å². The number of carbonyl (C=O) groups excluding carboxylic acids is 1. The van der Waals surface area contributed by atoms with E-state index in [1.165, 1.54) is 18.3 Å². The molecule has 0 aliphatic rings. The summed E-state index contributed by atoms with van der Waals surface area (Å²) in [4.78, 5) is 16.2. The lowest BCUT2D eigenvalue weighted by Crippen LogP contribution is -2.01. The second kappa shape index (κ2) is 4.31. The minimum Gasteiger partial charge on any atom is -0.452 e. The Bertz CT molecular complexity index is 762. The van der Waals surface area contributed by atoms with Crippen LogP contribution < -0.4 is 0 Å². The summed E-state index contributed by atoms with van der Waals surface area (Å²) in [6, 6.07) is 7.60. The average molecular weight is 255 g/mol. The molecule has 4 heteroatoms. The lowest BCUT2D eigenvalue weighted by molar-refractivity contribution is 0.101. The molecule has 3 nitrogen and oxygen atoms in total.